The summed E-state index contributed by atoms with van der Waals surface area (Å²) < 4.78 is 63.8. The van der Waals surface area contributed by atoms with Gasteiger partial charge in [0.05, 0.1) is 23.4 Å². The lowest BCUT2D eigenvalue weighted by atomic mass is 9.81. The van der Waals surface area contributed by atoms with Crippen LogP contribution in [0.3, 0.4) is 0 Å². The first-order valence-corrected chi connectivity index (χ1v) is 14.6. The molecule has 0 radical (unpaired) electrons. The van der Waals surface area contributed by atoms with E-state index in [2.05, 4.69) is 20.6 Å². The van der Waals surface area contributed by atoms with Crippen molar-refractivity contribution in [3.05, 3.63) is 82.9 Å². The fraction of sp³-hybridized carbons (Fsp3) is 0.303. The van der Waals surface area contributed by atoms with Crippen molar-refractivity contribution >= 4 is 34.3 Å². The molecule has 2 aliphatic rings. The van der Waals surface area contributed by atoms with Crippen LogP contribution in [-0.2, 0) is 20.6 Å². The summed E-state index contributed by atoms with van der Waals surface area (Å²) in [6.07, 6.45) is -3.95. The molecule has 2 atom stereocenters. The largest absolute Gasteiger partial charge is 0.489 e. The topological polar surface area (TPSA) is 157 Å². The van der Waals surface area contributed by atoms with Crippen LogP contribution < -0.4 is 21.1 Å². The highest BCUT2D eigenvalue weighted by molar-refractivity contribution is 6.06. The van der Waals surface area contributed by atoms with Crippen molar-refractivity contribution in [3.63, 3.8) is 0 Å². The molecule has 2 aromatic carbocycles. The summed E-state index contributed by atoms with van der Waals surface area (Å²) in [5.74, 6) is -2.97. The number of pyridine rings is 2. The normalized spacial score (nSPS) is 18.6. The molecule has 5 N–H and O–H groups in total. The number of benzene rings is 2. The van der Waals surface area contributed by atoms with E-state index in [1.54, 1.807) is 19.1 Å². The van der Waals surface area contributed by atoms with Gasteiger partial charge < -0.3 is 26.2 Å². The minimum Gasteiger partial charge on any atom is -0.489 e. The Morgan fingerprint density at radius 3 is 2.40 bits per heavy atom. The molecule has 6 rings (SSSR count). The number of ether oxygens (including phenoxy) is 1. The fourth-order valence-electron chi connectivity index (χ4n) is 5.39. The number of fused-ring (bicyclic) bond motifs is 2. The van der Waals surface area contributed by atoms with Gasteiger partial charge >= 0.3 is 6.18 Å². The van der Waals surface area contributed by atoms with Crippen LogP contribution in [0.15, 0.2) is 54.6 Å². The number of nitrogens with zero attached hydrogens (tertiary/aromatic N) is 2. The first kappa shape index (κ1) is 31.9. The Morgan fingerprint density at radius 2 is 1.77 bits per heavy atom. The lowest BCUT2D eigenvalue weighted by molar-refractivity contribution is -0.265. The Labute approximate surface area is 265 Å². The van der Waals surface area contributed by atoms with Crippen LogP contribution >= 0.6 is 0 Å². The van der Waals surface area contributed by atoms with Gasteiger partial charge in [-0.25, -0.2) is 9.37 Å². The standard InChI is InChI=1S/C33H29F4N5O5/c1-16-3-4-19-11-20(12-23(25(19)40-16)41-29(44)18-5-6-18)28(43)39-14-32(46,33(35,36)37)24-13-22-27(47-15-31(22,2)30(38)45)26(42-24)17-7-9-21(34)10-8-17/h3-4,7-13,18,46H,5-6,14-15H2,1-2H3,(H2,38,45)(H,39,43)(H,41,44)/t31-,32?/m0/s1. The number of carbonyl (C=O) groups is 3. The SMILES string of the molecule is Cc1ccc2cc(C(=O)NCC(O)(c3cc4c(c(-c5ccc(F)cc5)n3)OC[C@]4(C)C(N)=O)C(F)(F)F)cc(NC(=O)C3CC3)c2n1. The average molecular weight is 652 g/mol. The molecule has 0 bridgehead atoms. The quantitative estimate of drug-likeness (QED) is 0.206. The third kappa shape index (κ3) is 5.73. The Morgan fingerprint density at radius 1 is 1.06 bits per heavy atom. The number of amides is 3. The number of hydrogen-bond donors (Lipinski definition) is 4. The third-order valence-electron chi connectivity index (χ3n) is 8.53. The van der Waals surface area contributed by atoms with Crippen molar-refractivity contribution in [2.45, 2.75) is 43.9 Å². The van der Waals surface area contributed by atoms with E-state index in [0.29, 0.717) is 16.6 Å². The first-order chi connectivity index (χ1) is 22.1. The van der Waals surface area contributed by atoms with Crippen molar-refractivity contribution in [3.8, 4) is 17.0 Å². The lowest BCUT2D eigenvalue weighted by Crippen LogP contribution is -2.51. The number of hydrogen-bond acceptors (Lipinski definition) is 7. The minimum absolute atomic E-state index is 0.0454. The summed E-state index contributed by atoms with van der Waals surface area (Å²) in [6, 6.07) is 11.6. The number of aliphatic hydroxyl groups is 1. The molecule has 0 spiro atoms. The Kier molecular flexibility index (Phi) is 7.66. The summed E-state index contributed by atoms with van der Waals surface area (Å²) in [5, 5.41) is 16.7. The summed E-state index contributed by atoms with van der Waals surface area (Å²) in [5.41, 5.74) is 0.371. The third-order valence-corrected chi connectivity index (χ3v) is 8.53. The van der Waals surface area contributed by atoms with Gasteiger partial charge in [0.2, 0.25) is 17.4 Å². The Bertz CT molecular complexity index is 1950. The van der Waals surface area contributed by atoms with Gasteiger partial charge in [-0.3, -0.25) is 19.4 Å². The van der Waals surface area contributed by atoms with E-state index in [0.717, 1.165) is 31.0 Å². The van der Waals surface area contributed by atoms with Gasteiger partial charge in [0.1, 0.15) is 29.3 Å². The number of aromatic nitrogens is 2. The molecule has 244 valence electrons. The van der Waals surface area contributed by atoms with Crippen LogP contribution in [0.5, 0.6) is 5.75 Å². The van der Waals surface area contributed by atoms with Gasteiger partial charge in [-0.2, -0.15) is 13.2 Å². The van der Waals surface area contributed by atoms with E-state index in [4.69, 9.17) is 10.5 Å². The van der Waals surface area contributed by atoms with Crippen LogP contribution in [0, 0.1) is 18.7 Å². The number of anilines is 1. The molecule has 1 unspecified atom stereocenters. The van der Waals surface area contributed by atoms with Gasteiger partial charge in [0, 0.05) is 33.7 Å². The Hall–Kier alpha value is -5.11. The smallest absolute Gasteiger partial charge is 0.424 e. The highest BCUT2D eigenvalue weighted by atomic mass is 19.4. The van der Waals surface area contributed by atoms with E-state index in [1.807, 2.05) is 0 Å². The van der Waals surface area contributed by atoms with Crippen molar-refractivity contribution in [2.75, 3.05) is 18.5 Å². The van der Waals surface area contributed by atoms with E-state index in [9.17, 15) is 37.1 Å². The second-order valence-electron chi connectivity index (χ2n) is 12.1. The Balaban J connectivity index is 1.39. The summed E-state index contributed by atoms with van der Waals surface area (Å²) >= 11 is 0. The molecule has 3 amide bonds. The predicted molar refractivity (Wildman–Crippen MR) is 162 cm³/mol. The predicted octanol–water partition coefficient (Wildman–Crippen LogP) is 4.41. The molecule has 4 aromatic rings. The first-order valence-electron chi connectivity index (χ1n) is 14.6. The minimum atomic E-state index is -5.39. The number of halogens is 4. The van der Waals surface area contributed by atoms with Crippen molar-refractivity contribution in [1.82, 2.24) is 15.3 Å². The molecule has 3 heterocycles. The maximum Gasteiger partial charge on any atom is 0.424 e. The van der Waals surface area contributed by atoms with Gasteiger partial charge in [0.15, 0.2) is 0 Å². The molecule has 47 heavy (non-hydrogen) atoms. The van der Waals surface area contributed by atoms with Crippen LogP contribution in [0.4, 0.5) is 23.2 Å². The molecule has 1 fully saturated rings. The molecule has 1 aliphatic carbocycles. The zero-order valence-electron chi connectivity index (χ0n) is 25.2. The second-order valence-corrected chi connectivity index (χ2v) is 12.1. The van der Waals surface area contributed by atoms with Gasteiger partial charge in [-0.05, 0) is 75.2 Å². The van der Waals surface area contributed by atoms with E-state index in [1.165, 1.54) is 31.2 Å². The molecule has 14 heteroatoms. The van der Waals surface area contributed by atoms with Crippen LogP contribution in [0.2, 0.25) is 0 Å². The maximum atomic E-state index is 14.8. The number of carbonyl (C=O) groups excluding carboxylic acids is 3. The number of rotatable bonds is 8. The van der Waals surface area contributed by atoms with E-state index in [-0.39, 0.29) is 52.3 Å². The number of aryl methyl sites for hydroxylation is 1. The second kappa shape index (κ2) is 11.3. The lowest BCUT2D eigenvalue weighted by Gasteiger charge is -2.31. The molecular formula is C33H29F4N5O5. The highest BCUT2D eigenvalue weighted by Crippen LogP contribution is 2.47. The molecule has 10 nitrogen and oxygen atoms in total. The van der Waals surface area contributed by atoms with Crippen LogP contribution in [0.25, 0.3) is 22.2 Å². The van der Waals surface area contributed by atoms with Gasteiger partial charge in [0.25, 0.3) is 5.91 Å². The van der Waals surface area contributed by atoms with Crippen LogP contribution in [-0.4, -0.2) is 52.1 Å². The van der Waals surface area contributed by atoms with Gasteiger partial charge in [-0.1, -0.05) is 6.07 Å². The van der Waals surface area contributed by atoms with Gasteiger partial charge in [-0.15, -0.1) is 0 Å². The molecule has 1 saturated carbocycles. The summed E-state index contributed by atoms with van der Waals surface area (Å²) in [6.45, 7) is 1.43. The number of nitrogens with two attached hydrogens (primary N) is 1. The van der Waals surface area contributed by atoms with E-state index >= 15 is 0 Å². The number of nitrogens with one attached hydrogen (secondary N) is 2. The fourth-order valence-corrected chi connectivity index (χ4v) is 5.39. The molecule has 2 aromatic heterocycles. The number of primary amides is 1. The summed E-state index contributed by atoms with van der Waals surface area (Å²) in [4.78, 5) is 47.0. The zero-order chi connectivity index (χ0) is 33.9. The molecule has 1 aliphatic heterocycles. The van der Waals surface area contributed by atoms with Crippen molar-refractivity contribution < 1.29 is 41.8 Å². The highest BCUT2D eigenvalue weighted by Gasteiger charge is 2.57. The maximum absolute atomic E-state index is 14.8. The number of alkyl halides is 3. The zero-order valence-corrected chi connectivity index (χ0v) is 25.2. The van der Waals surface area contributed by atoms with Crippen molar-refractivity contribution in [1.29, 1.82) is 0 Å². The van der Waals surface area contributed by atoms with E-state index < -0.39 is 47.1 Å². The molecular weight excluding hydrogens is 622 g/mol. The average Bonchev–Trinajstić information content (AvgIpc) is 3.82. The monoisotopic (exact) mass is 651 g/mol. The molecule has 0 saturated heterocycles. The van der Waals surface area contributed by atoms with Crippen LogP contribution in [0.1, 0.15) is 47.1 Å². The summed E-state index contributed by atoms with van der Waals surface area (Å²) in [7, 11) is 0. The van der Waals surface area contributed by atoms with Crippen molar-refractivity contribution in [2.24, 2.45) is 11.7 Å².